The third-order valence-electron chi connectivity index (χ3n) is 2.37. The summed E-state index contributed by atoms with van der Waals surface area (Å²) >= 11 is 1.55. The van der Waals surface area contributed by atoms with Gasteiger partial charge in [0.1, 0.15) is 0 Å². The molecule has 0 radical (unpaired) electrons. The number of fused-ring (bicyclic) bond motifs is 1. The maximum atomic E-state index is 5.41. The minimum atomic E-state index is 0.726. The minimum Gasteiger partial charge on any atom is -0.477 e. The van der Waals surface area contributed by atoms with E-state index >= 15 is 0 Å². The van der Waals surface area contributed by atoms with Crippen LogP contribution in [0.5, 0.6) is 5.88 Å². The quantitative estimate of drug-likeness (QED) is 0.743. The van der Waals surface area contributed by atoms with Crippen LogP contribution < -0.4 is 4.74 Å². The lowest BCUT2D eigenvalue weighted by molar-refractivity contribution is 0.342. The molecule has 0 unspecified atom stereocenters. The number of benzene rings is 1. The molecule has 2 heterocycles. The van der Waals surface area contributed by atoms with Crippen molar-refractivity contribution >= 4 is 11.8 Å². The largest absolute Gasteiger partial charge is 0.477 e. The maximum absolute atomic E-state index is 5.41. The lowest BCUT2D eigenvalue weighted by atomic mass is 10.3. The zero-order valence-electron chi connectivity index (χ0n) is 8.59. The number of ether oxygens (including phenoxy) is 1. The topological polar surface area (TPSA) is 35.0 Å². The zero-order chi connectivity index (χ0) is 10.8. The molecule has 1 aliphatic rings. The second kappa shape index (κ2) is 4.14. The molecule has 2 aromatic rings. The Hall–Kier alpha value is -1.55. The zero-order valence-corrected chi connectivity index (χ0v) is 9.41. The van der Waals surface area contributed by atoms with Gasteiger partial charge in [-0.25, -0.2) is 4.98 Å². The molecule has 0 amide bonds. The first-order valence-corrected chi connectivity index (χ1v) is 5.95. The highest BCUT2D eigenvalue weighted by Crippen LogP contribution is 2.28. The molecule has 3 nitrogen and oxygen atoms in total. The van der Waals surface area contributed by atoms with Crippen LogP contribution in [0.3, 0.4) is 0 Å². The molecule has 80 valence electrons. The number of hydrogen-bond acceptors (Lipinski definition) is 4. The van der Waals surface area contributed by atoms with Gasteiger partial charge in [0.15, 0.2) is 5.16 Å². The van der Waals surface area contributed by atoms with Gasteiger partial charge < -0.3 is 4.74 Å². The fourth-order valence-corrected chi connectivity index (χ4v) is 2.31. The van der Waals surface area contributed by atoms with Gasteiger partial charge in [0.05, 0.1) is 6.61 Å². The summed E-state index contributed by atoms with van der Waals surface area (Å²) in [6, 6.07) is 10.1. The van der Waals surface area contributed by atoms with Crippen LogP contribution in [0.25, 0.3) is 0 Å². The number of nitrogens with zero attached hydrogens (tertiary/aromatic N) is 2. The number of aromatic nitrogens is 2. The SMILES string of the molecule is c1ccc(Sc2ncc3c(n2)OCC3)cc1. The fraction of sp³-hybridized carbons (Fsp3) is 0.167. The van der Waals surface area contributed by atoms with Crippen LogP contribution in [0.4, 0.5) is 0 Å². The lowest BCUT2D eigenvalue weighted by Crippen LogP contribution is -1.90. The predicted octanol–water partition coefficient (Wildman–Crippen LogP) is 2.56. The van der Waals surface area contributed by atoms with Gasteiger partial charge in [-0.3, -0.25) is 0 Å². The van der Waals surface area contributed by atoms with E-state index in [9.17, 15) is 0 Å². The molecule has 0 saturated carbocycles. The van der Waals surface area contributed by atoms with Crippen LogP contribution in [-0.4, -0.2) is 16.6 Å². The third-order valence-corrected chi connectivity index (χ3v) is 3.25. The summed E-state index contributed by atoms with van der Waals surface area (Å²) in [5, 5.41) is 0.742. The van der Waals surface area contributed by atoms with Crippen molar-refractivity contribution in [3.05, 3.63) is 42.1 Å². The van der Waals surface area contributed by atoms with Crippen molar-refractivity contribution in [3.63, 3.8) is 0 Å². The Morgan fingerprint density at radius 1 is 1.19 bits per heavy atom. The van der Waals surface area contributed by atoms with Crippen molar-refractivity contribution in [2.24, 2.45) is 0 Å². The summed E-state index contributed by atoms with van der Waals surface area (Å²) < 4.78 is 5.41. The summed E-state index contributed by atoms with van der Waals surface area (Å²) in [5.41, 5.74) is 1.11. The van der Waals surface area contributed by atoms with E-state index in [2.05, 4.69) is 9.97 Å². The van der Waals surface area contributed by atoms with Crippen molar-refractivity contribution in [2.45, 2.75) is 16.5 Å². The molecule has 0 spiro atoms. The normalized spacial score (nSPS) is 13.2. The van der Waals surface area contributed by atoms with Crippen molar-refractivity contribution in [2.75, 3.05) is 6.61 Å². The molecule has 0 atom stereocenters. The van der Waals surface area contributed by atoms with Crippen molar-refractivity contribution in [1.82, 2.24) is 9.97 Å². The second-order valence-electron chi connectivity index (χ2n) is 3.50. The Bertz CT molecular complexity index is 502. The van der Waals surface area contributed by atoms with E-state index in [-0.39, 0.29) is 0 Å². The Balaban J connectivity index is 1.86. The first-order chi connectivity index (χ1) is 7.92. The van der Waals surface area contributed by atoms with Gasteiger partial charge in [-0.05, 0) is 23.9 Å². The van der Waals surface area contributed by atoms with E-state index in [4.69, 9.17) is 4.74 Å². The van der Waals surface area contributed by atoms with E-state index in [0.29, 0.717) is 0 Å². The lowest BCUT2D eigenvalue weighted by Gasteiger charge is -2.01. The van der Waals surface area contributed by atoms with Gasteiger partial charge >= 0.3 is 0 Å². The average Bonchev–Trinajstić information content (AvgIpc) is 2.77. The Kier molecular flexibility index (Phi) is 2.50. The van der Waals surface area contributed by atoms with E-state index in [1.165, 1.54) is 0 Å². The van der Waals surface area contributed by atoms with Crippen LogP contribution in [0.1, 0.15) is 5.56 Å². The van der Waals surface area contributed by atoms with Gasteiger partial charge in [-0.1, -0.05) is 18.2 Å². The van der Waals surface area contributed by atoms with Gasteiger partial charge in [0, 0.05) is 23.1 Å². The fourth-order valence-electron chi connectivity index (χ4n) is 1.57. The number of rotatable bonds is 2. The molecule has 0 N–H and O–H groups in total. The van der Waals surface area contributed by atoms with Gasteiger partial charge in [-0.15, -0.1) is 0 Å². The smallest absolute Gasteiger partial charge is 0.220 e. The molecular weight excluding hydrogens is 220 g/mol. The molecule has 0 aliphatic carbocycles. The van der Waals surface area contributed by atoms with Crippen LogP contribution in [0, 0.1) is 0 Å². The molecule has 1 aliphatic heterocycles. The summed E-state index contributed by atoms with van der Waals surface area (Å²) in [6.07, 6.45) is 2.78. The van der Waals surface area contributed by atoms with E-state index in [0.717, 1.165) is 34.5 Å². The van der Waals surface area contributed by atoms with Crippen LogP contribution >= 0.6 is 11.8 Å². The monoisotopic (exact) mass is 230 g/mol. The average molecular weight is 230 g/mol. The number of hydrogen-bond donors (Lipinski definition) is 0. The van der Waals surface area contributed by atoms with E-state index in [1.807, 2.05) is 36.5 Å². The van der Waals surface area contributed by atoms with Gasteiger partial charge in [0.25, 0.3) is 0 Å². The highest BCUT2D eigenvalue weighted by Gasteiger charge is 2.15. The highest BCUT2D eigenvalue weighted by atomic mass is 32.2. The summed E-state index contributed by atoms with van der Waals surface area (Å²) in [6.45, 7) is 0.726. The molecule has 16 heavy (non-hydrogen) atoms. The van der Waals surface area contributed by atoms with E-state index in [1.54, 1.807) is 11.8 Å². The Morgan fingerprint density at radius 2 is 2.06 bits per heavy atom. The summed E-state index contributed by atoms with van der Waals surface area (Å²) in [7, 11) is 0. The van der Waals surface area contributed by atoms with Crippen molar-refractivity contribution < 1.29 is 4.74 Å². The molecule has 0 saturated heterocycles. The predicted molar refractivity (Wildman–Crippen MR) is 61.8 cm³/mol. The third kappa shape index (κ3) is 1.88. The molecule has 1 aromatic heterocycles. The maximum Gasteiger partial charge on any atom is 0.220 e. The molecular formula is C12H10N2OS. The summed E-state index contributed by atoms with van der Waals surface area (Å²) in [5.74, 6) is 0.744. The summed E-state index contributed by atoms with van der Waals surface area (Å²) in [4.78, 5) is 9.83. The van der Waals surface area contributed by atoms with Crippen LogP contribution in [0.2, 0.25) is 0 Å². The van der Waals surface area contributed by atoms with Crippen LogP contribution in [-0.2, 0) is 6.42 Å². The molecule has 3 rings (SSSR count). The van der Waals surface area contributed by atoms with Crippen molar-refractivity contribution in [3.8, 4) is 5.88 Å². The first-order valence-electron chi connectivity index (χ1n) is 5.13. The molecule has 0 fully saturated rings. The Morgan fingerprint density at radius 3 is 2.94 bits per heavy atom. The van der Waals surface area contributed by atoms with Gasteiger partial charge in [-0.2, -0.15) is 4.98 Å². The standard InChI is InChI=1S/C12H10N2OS/c1-2-4-10(5-3-1)16-12-13-8-9-6-7-15-11(9)14-12/h1-5,8H,6-7H2. The minimum absolute atomic E-state index is 0.726. The van der Waals surface area contributed by atoms with E-state index < -0.39 is 0 Å². The molecule has 1 aromatic carbocycles. The first kappa shape index (κ1) is 9.66. The Labute approximate surface area is 97.9 Å². The molecule has 4 heteroatoms. The van der Waals surface area contributed by atoms with Gasteiger partial charge in [0.2, 0.25) is 5.88 Å². The molecule has 0 bridgehead atoms. The van der Waals surface area contributed by atoms with Crippen LogP contribution in [0.15, 0.2) is 46.6 Å². The van der Waals surface area contributed by atoms with Crippen molar-refractivity contribution in [1.29, 1.82) is 0 Å². The highest BCUT2D eigenvalue weighted by molar-refractivity contribution is 7.99. The second-order valence-corrected chi connectivity index (χ2v) is 4.54.